The summed E-state index contributed by atoms with van der Waals surface area (Å²) in [4.78, 5) is 47.8. The van der Waals surface area contributed by atoms with Gasteiger partial charge in [0, 0.05) is 38.2 Å². The SMILES string of the molecule is CNC(=O)c1cccc(CNC(=O)[C@@H]2CC(=O)N(c3ccc(F)c([N+](=O)[O-])c3)C2)c1. The zero-order chi connectivity index (χ0) is 21.8. The number of nitro benzene ring substituents is 1. The summed E-state index contributed by atoms with van der Waals surface area (Å²) in [6.07, 6.45) is -0.0602. The van der Waals surface area contributed by atoms with E-state index in [0.29, 0.717) is 5.56 Å². The Balaban J connectivity index is 1.65. The summed E-state index contributed by atoms with van der Waals surface area (Å²) in [5.74, 6) is -2.62. The maximum atomic E-state index is 13.5. The molecule has 3 rings (SSSR count). The third-order valence-corrected chi connectivity index (χ3v) is 4.82. The summed E-state index contributed by atoms with van der Waals surface area (Å²) in [5.41, 5.74) is 0.620. The molecule has 0 spiro atoms. The summed E-state index contributed by atoms with van der Waals surface area (Å²) < 4.78 is 13.5. The van der Waals surface area contributed by atoms with Crippen LogP contribution in [0.5, 0.6) is 0 Å². The lowest BCUT2D eigenvalue weighted by Gasteiger charge is -2.16. The zero-order valence-corrected chi connectivity index (χ0v) is 16.1. The Morgan fingerprint density at radius 3 is 2.73 bits per heavy atom. The van der Waals surface area contributed by atoms with Crippen LogP contribution in [-0.2, 0) is 16.1 Å². The number of halogens is 1. The maximum Gasteiger partial charge on any atom is 0.306 e. The van der Waals surface area contributed by atoms with Crippen molar-refractivity contribution in [3.05, 3.63) is 69.5 Å². The molecule has 3 amide bonds. The number of hydrogen-bond acceptors (Lipinski definition) is 5. The highest BCUT2D eigenvalue weighted by molar-refractivity contribution is 6.00. The van der Waals surface area contributed by atoms with Gasteiger partial charge in [-0.1, -0.05) is 12.1 Å². The van der Waals surface area contributed by atoms with Gasteiger partial charge in [-0.2, -0.15) is 4.39 Å². The van der Waals surface area contributed by atoms with Crippen molar-refractivity contribution in [3.8, 4) is 0 Å². The molecular weight excluding hydrogens is 395 g/mol. The summed E-state index contributed by atoms with van der Waals surface area (Å²) in [7, 11) is 1.52. The van der Waals surface area contributed by atoms with Gasteiger partial charge in [-0.25, -0.2) is 0 Å². The zero-order valence-electron chi connectivity index (χ0n) is 16.1. The predicted molar refractivity (Wildman–Crippen MR) is 105 cm³/mol. The molecule has 1 aliphatic heterocycles. The fourth-order valence-corrected chi connectivity index (χ4v) is 3.24. The summed E-state index contributed by atoms with van der Waals surface area (Å²) in [6.45, 7) is 0.210. The number of hydrogen-bond donors (Lipinski definition) is 2. The van der Waals surface area contributed by atoms with Crippen molar-refractivity contribution in [2.75, 3.05) is 18.5 Å². The normalized spacial score (nSPS) is 15.7. The number of nitrogens with one attached hydrogen (secondary N) is 2. The lowest BCUT2D eigenvalue weighted by molar-refractivity contribution is -0.387. The number of nitrogens with zero attached hydrogens (tertiary/aromatic N) is 2. The molecule has 10 heteroatoms. The number of nitro groups is 1. The van der Waals surface area contributed by atoms with Crippen molar-refractivity contribution in [1.82, 2.24) is 10.6 Å². The molecular formula is C20H19FN4O5. The quantitative estimate of drug-likeness (QED) is 0.551. The molecule has 1 atom stereocenters. The molecule has 0 aromatic heterocycles. The van der Waals surface area contributed by atoms with E-state index in [1.165, 1.54) is 18.0 Å². The fraction of sp³-hybridized carbons (Fsp3) is 0.250. The fourth-order valence-electron chi connectivity index (χ4n) is 3.24. The summed E-state index contributed by atoms with van der Waals surface area (Å²) in [5, 5.41) is 16.2. The standard InChI is InChI=1S/C20H19FN4O5/c1-22-19(27)13-4-2-3-12(7-13)10-23-20(28)14-8-18(26)24(11-14)15-5-6-16(21)17(9-15)25(29)30/h2-7,9,14H,8,10-11H2,1H3,(H,22,27)(H,23,28)/t14-/m1/s1. The molecule has 0 unspecified atom stereocenters. The van der Waals surface area contributed by atoms with Crippen LogP contribution in [0.4, 0.5) is 15.8 Å². The molecule has 2 aromatic rings. The minimum absolute atomic E-state index is 0.0335. The second kappa shape index (κ2) is 8.68. The highest BCUT2D eigenvalue weighted by Crippen LogP contribution is 2.29. The van der Waals surface area contributed by atoms with Crippen LogP contribution in [0.1, 0.15) is 22.3 Å². The van der Waals surface area contributed by atoms with Crippen LogP contribution < -0.4 is 15.5 Å². The maximum absolute atomic E-state index is 13.5. The van der Waals surface area contributed by atoms with Gasteiger partial charge < -0.3 is 15.5 Å². The first-order valence-electron chi connectivity index (χ1n) is 9.13. The van der Waals surface area contributed by atoms with Gasteiger partial charge in [-0.3, -0.25) is 24.5 Å². The number of benzene rings is 2. The Kier molecular flexibility index (Phi) is 6.05. The average molecular weight is 414 g/mol. The number of carbonyl (C=O) groups is 3. The van der Waals surface area contributed by atoms with E-state index < -0.39 is 22.3 Å². The van der Waals surface area contributed by atoms with E-state index in [1.807, 2.05) is 0 Å². The lowest BCUT2D eigenvalue weighted by Crippen LogP contribution is -2.32. The van der Waals surface area contributed by atoms with E-state index in [0.717, 1.165) is 17.7 Å². The molecule has 1 fully saturated rings. The van der Waals surface area contributed by atoms with Gasteiger partial charge in [0.1, 0.15) is 0 Å². The van der Waals surface area contributed by atoms with Crippen LogP contribution in [0, 0.1) is 21.8 Å². The van der Waals surface area contributed by atoms with Crippen molar-refractivity contribution < 1.29 is 23.7 Å². The van der Waals surface area contributed by atoms with Crippen LogP contribution in [0.2, 0.25) is 0 Å². The Morgan fingerprint density at radius 2 is 2.03 bits per heavy atom. The van der Waals surface area contributed by atoms with E-state index in [-0.39, 0.29) is 42.9 Å². The summed E-state index contributed by atoms with van der Waals surface area (Å²) >= 11 is 0. The monoisotopic (exact) mass is 414 g/mol. The number of anilines is 1. The molecule has 1 aliphatic rings. The molecule has 9 nitrogen and oxygen atoms in total. The minimum Gasteiger partial charge on any atom is -0.355 e. The van der Waals surface area contributed by atoms with Gasteiger partial charge in [0.15, 0.2) is 0 Å². The topological polar surface area (TPSA) is 122 Å². The minimum atomic E-state index is -0.997. The van der Waals surface area contributed by atoms with Crippen molar-refractivity contribution in [1.29, 1.82) is 0 Å². The molecule has 2 N–H and O–H groups in total. The van der Waals surface area contributed by atoms with E-state index in [9.17, 15) is 28.9 Å². The van der Waals surface area contributed by atoms with Gasteiger partial charge in [0.25, 0.3) is 5.91 Å². The number of amides is 3. The number of rotatable bonds is 6. The number of carbonyl (C=O) groups excluding carboxylic acids is 3. The van der Waals surface area contributed by atoms with Crippen LogP contribution in [0.15, 0.2) is 42.5 Å². The van der Waals surface area contributed by atoms with Crippen LogP contribution in [0.25, 0.3) is 0 Å². The smallest absolute Gasteiger partial charge is 0.306 e. The average Bonchev–Trinajstić information content (AvgIpc) is 3.13. The highest BCUT2D eigenvalue weighted by Gasteiger charge is 2.35. The molecule has 1 heterocycles. The third-order valence-electron chi connectivity index (χ3n) is 4.82. The van der Waals surface area contributed by atoms with Crippen LogP contribution >= 0.6 is 0 Å². The summed E-state index contributed by atoms with van der Waals surface area (Å²) in [6, 6.07) is 9.95. The second-order valence-electron chi connectivity index (χ2n) is 6.80. The molecule has 0 radical (unpaired) electrons. The first-order chi connectivity index (χ1) is 14.3. The van der Waals surface area contributed by atoms with E-state index in [2.05, 4.69) is 10.6 Å². The van der Waals surface area contributed by atoms with Gasteiger partial charge in [-0.15, -0.1) is 0 Å². The molecule has 0 saturated carbocycles. The third kappa shape index (κ3) is 4.43. The van der Waals surface area contributed by atoms with Crippen LogP contribution in [0.3, 0.4) is 0 Å². The van der Waals surface area contributed by atoms with Gasteiger partial charge >= 0.3 is 5.69 Å². The lowest BCUT2D eigenvalue weighted by atomic mass is 10.1. The largest absolute Gasteiger partial charge is 0.355 e. The predicted octanol–water partition coefficient (Wildman–Crippen LogP) is 1.76. The molecule has 30 heavy (non-hydrogen) atoms. The first-order valence-corrected chi connectivity index (χ1v) is 9.13. The van der Waals surface area contributed by atoms with Gasteiger partial charge in [0.2, 0.25) is 17.6 Å². The Bertz CT molecular complexity index is 1030. The second-order valence-corrected chi connectivity index (χ2v) is 6.80. The van der Waals surface area contributed by atoms with Crippen molar-refractivity contribution in [2.45, 2.75) is 13.0 Å². The van der Waals surface area contributed by atoms with Crippen LogP contribution in [-0.4, -0.2) is 36.2 Å². The first kappa shape index (κ1) is 20.9. The van der Waals surface area contributed by atoms with Gasteiger partial charge in [-0.05, 0) is 29.8 Å². The molecule has 156 valence electrons. The Morgan fingerprint density at radius 1 is 1.27 bits per heavy atom. The van der Waals surface area contributed by atoms with E-state index in [4.69, 9.17) is 0 Å². The Labute approximate surface area is 171 Å². The molecule has 0 bridgehead atoms. The Hall–Kier alpha value is -3.82. The van der Waals surface area contributed by atoms with Crippen molar-refractivity contribution >= 4 is 29.1 Å². The molecule has 0 aliphatic carbocycles. The van der Waals surface area contributed by atoms with E-state index >= 15 is 0 Å². The highest BCUT2D eigenvalue weighted by atomic mass is 19.1. The van der Waals surface area contributed by atoms with Gasteiger partial charge in [0.05, 0.1) is 16.5 Å². The van der Waals surface area contributed by atoms with Crippen molar-refractivity contribution in [3.63, 3.8) is 0 Å². The molecule has 1 saturated heterocycles. The molecule has 2 aromatic carbocycles. The van der Waals surface area contributed by atoms with E-state index in [1.54, 1.807) is 24.3 Å². The van der Waals surface area contributed by atoms with Crippen molar-refractivity contribution in [2.24, 2.45) is 5.92 Å².